The van der Waals surface area contributed by atoms with Crippen LogP contribution in [0.25, 0.3) is 0 Å². The van der Waals surface area contributed by atoms with Gasteiger partial charge < -0.3 is 9.47 Å². The lowest BCUT2D eigenvalue weighted by Gasteiger charge is -2.31. The first-order valence-electron chi connectivity index (χ1n) is 7.88. The molecule has 0 amide bonds. The molecule has 10 heteroatoms. The Hall–Kier alpha value is -2.08. The van der Waals surface area contributed by atoms with Crippen molar-refractivity contribution in [3.05, 3.63) is 69.0 Å². The average Bonchev–Trinajstić information content (AvgIpc) is 2.84. The number of alkyl halides is 3. The molecule has 27 heavy (non-hydrogen) atoms. The Labute approximate surface area is 165 Å². The first-order valence-corrected chi connectivity index (χ1v) is 9.40. The predicted molar refractivity (Wildman–Crippen MR) is 99.3 cm³/mol. The summed E-state index contributed by atoms with van der Waals surface area (Å²) < 4.78 is 40.9. The lowest BCUT2D eigenvalue weighted by Crippen LogP contribution is -2.49. The van der Waals surface area contributed by atoms with Crippen molar-refractivity contribution in [1.82, 2.24) is 9.55 Å². The maximum Gasteiger partial charge on any atom is 0.338 e. The van der Waals surface area contributed by atoms with Crippen molar-refractivity contribution in [2.24, 2.45) is 0 Å². The Morgan fingerprint density at radius 1 is 1.33 bits per heavy atom. The third-order valence-electron chi connectivity index (χ3n) is 4.29. The zero-order valence-corrected chi connectivity index (χ0v) is 16.2. The Kier molecular flexibility index (Phi) is 5.21. The van der Waals surface area contributed by atoms with E-state index < -0.39 is 45.5 Å². The summed E-state index contributed by atoms with van der Waals surface area (Å²) in [5.41, 5.74) is -3.66. The van der Waals surface area contributed by atoms with E-state index in [-0.39, 0.29) is 5.56 Å². The van der Waals surface area contributed by atoms with Crippen molar-refractivity contribution in [2.45, 2.75) is 30.8 Å². The maximum absolute atomic E-state index is 15.1. The summed E-state index contributed by atoms with van der Waals surface area (Å²) in [7, 11) is 0. The van der Waals surface area contributed by atoms with Gasteiger partial charge in [-0.1, -0.05) is 40.8 Å². The maximum atomic E-state index is 15.1. The van der Waals surface area contributed by atoms with E-state index in [1.165, 1.54) is 12.1 Å². The summed E-state index contributed by atoms with van der Waals surface area (Å²) in [5.74, 6) is -3.68. The number of benzene rings is 1. The molecule has 1 saturated heterocycles. The monoisotopic (exact) mass is 492 g/mol. The summed E-state index contributed by atoms with van der Waals surface area (Å²) >= 11 is 1.60. The molecule has 0 bridgehead atoms. The van der Waals surface area contributed by atoms with Crippen LogP contribution < -0.4 is 11.2 Å². The zero-order valence-electron chi connectivity index (χ0n) is 14.0. The molecule has 2 heterocycles. The van der Waals surface area contributed by atoms with E-state index >= 15 is 4.39 Å². The molecule has 1 aliphatic heterocycles. The summed E-state index contributed by atoms with van der Waals surface area (Å²) in [6, 6.07) is 8.77. The molecule has 1 aromatic heterocycles. The number of halogens is 3. The topological polar surface area (TPSA) is 90.4 Å². The van der Waals surface area contributed by atoms with Crippen molar-refractivity contribution >= 4 is 28.6 Å². The van der Waals surface area contributed by atoms with Gasteiger partial charge in [0.25, 0.3) is 11.4 Å². The van der Waals surface area contributed by atoms with Crippen LogP contribution in [-0.2, 0) is 9.47 Å². The highest BCUT2D eigenvalue weighted by atomic mass is 127. The number of esters is 1. The van der Waals surface area contributed by atoms with Gasteiger partial charge in [0.05, 0.1) is 9.99 Å². The van der Waals surface area contributed by atoms with Crippen LogP contribution in [0.5, 0.6) is 0 Å². The van der Waals surface area contributed by atoms with Crippen LogP contribution in [0, 0.1) is 0 Å². The summed E-state index contributed by atoms with van der Waals surface area (Å²) in [4.78, 5) is 37.8. The van der Waals surface area contributed by atoms with E-state index in [1.807, 2.05) is 4.98 Å². The molecule has 0 aliphatic carbocycles. The fraction of sp³-hybridized carbons (Fsp3) is 0.353. The third kappa shape index (κ3) is 3.43. The van der Waals surface area contributed by atoms with Crippen LogP contribution in [0.15, 0.2) is 52.2 Å². The van der Waals surface area contributed by atoms with E-state index in [9.17, 15) is 18.8 Å². The molecule has 1 aromatic carbocycles. The van der Waals surface area contributed by atoms with Crippen molar-refractivity contribution in [3.63, 3.8) is 0 Å². The largest absolute Gasteiger partial charge is 0.448 e. The van der Waals surface area contributed by atoms with Crippen molar-refractivity contribution in [3.8, 4) is 0 Å². The Morgan fingerprint density at radius 3 is 2.59 bits per heavy atom. The van der Waals surface area contributed by atoms with Gasteiger partial charge in [-0.3, -0.25) is 14.3 Å². The lowest BCUT2D eigenvalue weighted by molar-refractivity contribution is -0.161. The van der Waals surface area contributed by atoms with Gasteiger partial charge in [-0.15, -0.1) is 0 Å². The SMILES string of the molecule is C[C@]1(OC(=O)c2ccccc2)[C@H](n2ccc(=O)[nH]c2=O)O[C@](F)(CI)[C@H]1F. The van der Waals surface area contributed by atoms with Crippen LogP contribution in [0.3, 0.4) is 0 Å². The van der Waals surface area contributed by atoms with Crippen LogP contribution in [0.2, 0.25) is 0 Å². The van der Waals surface area contributed by atoms with Crippen molar-refractivity contribution in [2.75, 3.05) is 4.43 Å². The highest BCUT2D eigenvalue weighted by molar-refractivity contribution is 14.1. The number of rotatable bonds is 4. The number of nitrogens with one attached hydrogen (secondary N) is 1. The first kappa shape index (κ1) is 19.7. The minimum atomic E-state index is -2.79. The van der Waals surface area contributed by atoms with Gasteiger partial charge in [0.1, 0.15) is 0 Å². The highest BCUT2D eigenvalue weighted by Crippen LogP contribution is 2.49. The second-order valence-electron chi connectivity index (χ2n) is 6.21. The van der Waals surface area contributed by atoms with Crippen LogP contribution in [-0.4, -0.2) is 37.6 Å². The zero-order chi connectivity index (χ0) is 19.8. The summed E-state index contributed by atoms with van der Waals surface area (Å²) in [6.07, 6.45) is -2.96. The molecule has 3 rings (SSSR count). The Bertz CT molecular complexity index is 966. The van der Waals surface area contributed by atoms with Crippen LogP contribution in [0.1, 0.15) is 23.5 Å². The van der Waals surface area contributed by atoms with E-state index in [1.54, 1.807) is 40.8 Å². The van der Waals surface area contributed by atoms with Gasteiger partial charge in [0.2, 0.25) is 6.17 Å². The minimum Gasteiger partial charge on any atom is -0.448 e. The highest BCUT2D eigenvalue weighted by Gasteiger charge is 2.66. The van der Waals surface area contributed by atoms with Crippen LogP contribution >= 0.6 is 22.6 Å². The number of ether oxygens (including phenoxy) is 2. The molecule has 0 unspecified atom stereocenters. The fourth-order valence-electron chi connectivity index (χ4n) is 2.89. The first-order chi connectivity index (χ1) is 12.7. The summed E-state index contributed by atoms with van der Waals surface area (Å²) in [6.45, 7) is 1.15. The number of hydrogen-bond acceptors (Lipinski definition) is 5. The number of H-pyrrole nitrogens is 1. The molecule has 1 N–H and O–H groups in total. The van der Waals surface area contributed by atoms with E-state index in [0.29, 0.717) is 0 Å². The number of hydrogen-bond donors (Lipinski definition) is 1. The molecule has 2 aromatic rings. The molecule has 1 aliphatic rings. The summed E-state index contributed by atoms with van der Waals surface area (Å²) in [5, 5.41) is 0. The smallest absolute Gasteiger partial charge is 0.338 e. The number of nitrogens with zero attached hydrogens (tertiary/aromatic N) is 1. The molecular formula is C17H15F2IN2O5. The number of carbonyl (C=O) groups excluding carboxylic acids is 1. The molecule has 1 fully saturated rings. The number of aromatic amines is 1. The number of aromatic nitrogens is 2. The third-order valence-corrected chi connectivity index (χ3v) is 5.33. The molecule has 7 nitrogen and oxygen atoms in total. The predicted octanol–water partition coefficient (Wildman–Crippen LogP) is 2.12. The van der Waals surface area contributed by atoms with E-state index in [2.05, 4.69) is 0 Å². The number of carbonyl (C=O) groups is 1. The van der Waals surface area contributed by atoms with Gasteiger partial charge >= 0.3 is 11.7 Å². The van der Waals surface area contributed by atoms with Crippen molar-refractivity contribution < 1.29 is 23.0 Å². The van der Waals surface area contributed by atoms with Gasteiger partial charge in [-0.25, -0.2) is 18.4 Å². The molecule has 0 radical (unpaired) electrons. The Morgan fingerprint density at radius 2 is 2.00 bits per heavy atom. The average molecular weight is 492 g/mol. The molecule has 4 atom stereocenters. The second kappa shape index (κ2) is 7.15. The second-order valence-corrected chi connectivity index (χ2v) is 6.97. The minimum absolute atomic E-state index is 0.129. The quantitative estimate of drug-likeness (QED) is 0.402. The van der Waals surface area contributed by atoms with Gasteiger partial charge in [0.15, 0.2) is 11.8 Å². The Balaban J connectivity index is 2.05. The fourth-order valence-corrected chi connectivity index (χ4v) is 3.46. The molecule has 0 spiro atoms. The van der Waals surface area contributed by atoms with Gasteiger partial charge in [-0.2, -0.15) is 0 Å². The van der Waals surface area contributed by atoms with E-state index in [4.69, 9.17) is 9.47 Å². The molecule has 144 valence electrons. The standard InChI is InChI=1S/C17H15F2IN2O5/c1-16(26-12(24)10-5-3-2-4-6-10)13(18)17(19,9-20)27-14(16)22-8-7-11(23)21-15(22)25/h2-8,13-14H,9H2,1H3,(H,21,23,25)/t13-,14+,16+,17+/m0/s1. The van der Waals surface area contributed by atoms with Gasteiger partial charge in [0, 0.05) is 12.3 Å². The van der Waals surface area contributed by atoms with Gasteiger partial charge in [-0.05, 0) is 19.1 Å². The van der Waals surface area contributed by atoms with Crippen molar-refractivity contribution in [1.29, 1.82) is 0 Å². The normalized spacial score (nSPS) is 30.2. The lowest BCUT2D eigenvalue weighted by atomic mass is 9.96. The molecule has 0 saturated carbocycles. The molecular weight excluding hydrogens is 477 g/mol. The van der Waals surface area contributed by atoms with E-state index in [0.717, 1.165) is 23.8 Å². The van der Waals surface area contributed by atoms with Crippen LogP contribution in [0.4, 0.5) is 8.78 Å².